The van der Waals surface area contributed by atoms with Crippen LogP contribution in [0.4, 0.5) is 0 Å². The minimum atomic E-state index is 0.0727. The molecule has 1 aliphatic heterocycles. The second kappa shape index (κ2) is 9.51. The highest BCUT2D eigenvalue weighted by Gasteiger charge is 2.23. The Morgan fingerprint density at radius 3 is 2.81 bits per heavy atom. The molecule has 1 aromatic heterocycles. The third-order valence-electron chi connectivity index (χ3n) is 5.30. The Morgan fingerprint density at radius 2 is 2.04 bits per heavy atom. The monoisotopic (exact) mass is 367 g/mol. The van der Waals surface area contributed by atoms with Crippen LogP contribution in [0.5, 0.6) is 5.75 Å². The zero-order valence-electron chi connectivity index (χ0n) is 16.3. The molecule has 1 aliphatic rings. The Balaban J connectivity index is 1.51. The molecule has 1 fully saturated rings. The first kappa shape index (κ1) is 19.4. The predicted octanol–water partition coefficient (Wildman–Crippen LogP) is 3.12. The van der Waals surface area contributed by atoms with Crippen LogP contribution in [0.1, 0.15) is 28.8 Å². The molecule has 2 heterocycles. The Morgan fingerprint density at radius 1 is 1.26 bits per heavy atom. The maximum Gasteiger partial charge on any atom is 0.253 e. The molecule has 0 aliphatic carbocycles. The van der Waals surface area contributed by atoms with Gasteiger partial charge in [0.05, 0.1) is 7.11 Å². The smallest absolute Gasteiger partial charge is 0.253 e. The lowest BCUT2D eigenvalue weighted by Crippen LogP contribution is -2.42. The van der Waals surface area contributed by atoms with E-state index in [2.05, 4.69) is 22.0 Å². The number of aromatic nitrogens is 1. The number of pyridine rings is 1. The van der Waals surface area contributed by atoms with Gasteiger partial charge in [0.15, 0.2) is 0 Å². The molecule has 5 nitrogen and oxygen atoms in total. The van der Waals surface area contributed by atoms with E-state index < -0.39 is 0 Å². The van der Waals surface area contributed by atoms with Crippen LogP contribution in [0.25, 0.3) is 0 Å². The molecule has 3 rings (SSSR count). The third-order valence-corrected chi connectivity index (χ3v) is 5.30. The summed E-state index contributed by atoms with van der Waals surface area (Å²) in [5.74, 6) is 1.56. The standard InChI is InChI=1S/C22H29N3O2/c1-24(22(26)20-9-12-23-13-10-20)16-18-6-5-14-25(17-18)15-11-19-7-3-4-8-21(19)27-2/h3-4,7-10,12-13,18H,5-6,11,14-17H2,1-2H3. The van der Waals surface area contributed by atoms with E-state index >= 15 is 0 Å². The van der Waals surface area contributed by atoms with Gasteiger partial charge in [-0.15, -0.1) is 0 Å². The number of ether oxygens (including phenoxy) is 1. The summed E-state index contributed by atoms with van der Waals surface area (Å²) in [7, 11) is 3.63. The average molecular weight is 367 g/mol. The van der Waals surface area contributed by atoms with Crippen molar-refractivity contribution in [2.75, 3.05) is 40.3 Å². The van der Waals surface area contributed by atoms with Crippen molar-refractivity contribution < 1.29 is 9.53 Å². The molecule has 1 atom stereocenters. The van der Waals surface area contributed by atoms with Crippen LogP contribution in [-0.2, 0) is 6.42 Å². The molecule has 0 bridgehead atoms. The number of benzene rings is 1. The van der Waals surface area contributed by atoms with Crippen LogP contribution >= 0.6 is 0 Å². The molecular formula is C22H29N3O2. The molecule has 144 valence electrons. The minimum Gasteiger partial charge on any atom is -0.496 e. The van der Waals surface area contributed by atoms with Gasteiger partial charge in [0, 0.05) is 44.6 Å². The van der Waals surface area contributed by atoms with E-state index in [1.165, 1.54) is 18.4 Å². The van der Waals surface area contributed by atoms with Crippen LogP contribution in [-0.4, -0.2) is 61.0 Å². The topological polar surface area (TPSA) is 45.7 Å². The second-order valence-corrected chi connectivity index (χ2v) is 7.29. The molecule has 1 saturated heterocycles. The van der Waals surface area contributed by atoms with Crippen LogP contribution in [0.2, 0.25) is 0 Å². The molecule has 0 N–H and O–H groups in total. The molecule has 27 heavy (non-hydrogen) atoms. The zero-order chi connectivity index (χ0) is 19.1. The molecule has 0 radical (unpaired) electrons. The normalized spacial score (nSPS) is 17.5. The summed E-state index contributed by atoms with van der Waals surface area (Å²) < 4.78 is 5.46. The van der Waals surface area contributed by atoms with Gasteiger partial charge in [0.1, 0.15) is 5.75 Å². The van der Waals surface area contributed by atoms with Crippen LogP contribution in [0.3, 0.4) is 0 Å². The highest BCUT2D eigenvalue weighted by Crippen LogP contribution is 2.21. The fourth-order valence-electron chi connectivity index (χ4n) is 3.88. The number of amides is 1. The van der Waals surface area contributed by atoms with Crippen LogP contribution in [0, 0.1) is 5.92 Å². The van der Waals surface area contributed by atoms with Gasteiger partial charge in [-0.2, -0.15) is 0 Å². The van der Waals surface area contributed by atoms with E-state index in [1.54, 1.807) is 31.6 Å². The van der Waals surface area contributed by atoms with E-state index in [4.69, 9.17) is 4.74 Å². The number of hydrogen-bond donors (Lipinski definition) is 0. The predicted molar refractivity (Wildman–Crippen MR) is 107 cm³/mol. The second-order valence-electron chi connectivity index (χ2n) is 7.29. The van der Waals surface area contributed by atoms with E-state index in [0.29, 0.717) is 11.5 Å². The quantitative estimate of drug-likeness (QED) is 0.754. The van der Waals surface area contributed by atoms with Crippen LogP contribution in [0.15, 0.2) is 48.8 Å². The van der Waals surface area contributed by atoms with Crippen molar-refractivity contribution in [2.45, 2.75) is 19.3 Å². The van der Waals surface area contributed by atoms with E-state index in [0.717, 1.165) is 38.3 Å². The summed E-state index contributed by atoms with van der Waals surface area (Å²) in [4.78, 5) is 20.9. The SMILES string of the molecule is COc1ccccc1CCN1CCCC(CN(C)C(=O)c2ccncc2)C1. The number of nitrogens with zero attached hydrogens (tertiary/aromatic N) is 3. The van der Waals surface area contributed by atoms with Crippen molar-refractivity contribution in [1.29, 1.82) is 0 Å². The summed E-state index contributed by atoms with van der Waals surface area (Å²) in [6, 6.07) is 11.8. The molecule has 1 unspecified atom stereocenters. The summed E-state index contributed by atoms with van der Waals surface area (Å²) in [5, 5.41) is 0. The fraction of sp³-hybridized carbons (Fsp3) is 0.455. The molecule has 1 amide bonds. The molecule has 0 spiro atoms. The Bertz CT molecular complexity index is 735. The molecule has 0 saturated carbocycles. The number of rotatable bonds is 7. The highest BCUT2D eigenvalue weighted by molar-refractivity contribution is 5.93. The van der Waals surface area contributed by atoms with Gasteiger partial charge in [-0.05, 0) is 55.5 Å². The Kier molecular flexibility index (Phi) is 6.82. The summed E-state index contributed by atoms with van der Waals surface area (Å²) in [6.07, 6.45) is 6.69. The number of carbonyl (C=O) groups is 1. The van der Waals surface area contributed by atoms with Gasteiger partial charge in [0.2, 0.25) is 0 Å². The van der Waals surface area contributed by atoms with Crippen LogP contribution < -0.4 is 4.74 Å². The van der Waals surface area contributed by atoms with Crippen molar-refractivity contribution in [1.82, 2.24) is 14.8 Å². The lowest BCUT2D eigenvalue weighted by atomic mass is 9.96. The number of methoxy groups -OCH3 is 1. The maximum atomic E-state index is 12.6. The van der Waals surface area contributed by atoms with Crippen molar-refractivity contribution in [3.05, 3.63) is 59.9 Å². The molecule has 5 heteroatoms. The van der Waals surface area contributed by atoms with Crippen molar-refractivity contribution in [3.8, 4) is 5.75 Å². The van der Waals surface area contributed by atoms with Gasteiger partial charge in [-0.25, -0.2) is 0 Å². The number of piperidine rings is 1. The summed E-state index contributed by atoms with van der Waals surface area (Å²) in [5.41, 5.74) is 1.96. The van der Waals surface area contributed by atoms with Gasteiger partial charge >= 0.3 is 0 Å². The summed E-state index contributed by atoms with van der Waals surface area (Å²) in [6.45, 7) is 4.00. The van der Waals surface area contributed by atoms with Crippen molar-refractivity contribution >= 4 is 5.91 Å². The average Bonchev–Trinajstić information content (AvgIpc) is 2.72. The van der Waals surface area contributed by atoms with Gasteiger partial charge in [0.25, 0.3) is 5.91 Å². The van der Waals surface area contributed by atoms with Crippen molar-refractivity contribution in [3.63, 3.8) is 0 Å². The maximum absolute atomic E-state index is 12.6. The summed E-state index contributed by atoms with van der Waals surface area (Å²) >= 11 is 0. The fourth-order valence-corrected chi connectivity index (χ4v) is 3.88. The molecule has 2 aromatic rings. The first-order valence-corrected chi connectivity index (χ1v) is 9.67. The van der Waals surface area contributed by atoms with Crippen molar-refractivity contribution in [2.24, 2.45) is 5.92 Å². The number of para-hydroxylation sites is 1. The van der Waals surface area contributed by atoms with E-state index in [-0.39, 0.29) is 5.91 Å². The van der Waals surface area contributed by atoms with Gasteiger partial charge in [-0.3, -0.25) is 9.78 Å². The zero-order valence-corrected chi connectivity index (χ0v) is 16.3. The lowest BCUT2D eigenvalue weighted by Gasteiger charge is -2.34. The Hall–Kier alpha value is -2.40. The molecular weight excluding hydrogens is 338 g/mol. The lowest BCUT2D eigenvalue weighted by molar-refractivity contribution is 0.0730. The number of carbonyl (C=O) groups excluding carboxylic acids is 1. The third kappa shape index (κ3) is 5.30. The Labute approximate surface area is 162 Å². The first-order chi connectivity index (χ1) is 13.2. The van der Waals surface area contributed by atoms with Gasteiger partial charge in [-0.1, -0.05) is 18.2 Å². The first-order valence-electron chi connectivity index (χ1n) is 9.67. The van der Waals surface area contributed by atoms with E-state index in [1.807, 2.05) is 24.1 Å². The number of likely N-dealkylation sites (tertiary alicyclic amines) is 1. The molecule has 1 aromatic carbocycles. The largest absolute Gasteiger partial charge is 0.496 e. The minimum absolute atomic E-state index is 0.0727. The van der Waals surface area contributed by atoms with E-state index in [9.17, 15) is 4.79 Å². The highest BCUT2D eigenvalue weighted by atomic mass is 16.5. The van der Waals surface area contributed by atoms with Gasteiger partial charge < -0.3 is 14.5 Å². The number of hydrogen-bond acceptors (Lipinski definition) is 4.